The lowest BCUT2D eigenvalue weighted by molar-refractivity contribution is 0.0934. The molecule has 0 spiro atoms. The van der Waals surface area contributed by atoms with Crippen LogP contribution in [0.15, 0.2) is 0 Å². The molecule has 1 amide bonds. The van der Waals surface area contributed by atoms with E-state index in [9.17, 15) is 13.2 Å². The summed E-state index contributed by atoms with van der Waals surface area (Å²) in [4.78, 5) is 16.0. The summed E-state index contributed by atoms with van der Waals surface area (Å²) in [6, 6.07) is 0. The summed E-state index contributed by atoms with van der Waals surface area (Å²) in [5, 5.41) is 9.24. The van der Waals surface area contributed by atoms with E-state index in [2.05, 4.69) is 25.2 Å². The molecule has 112 valence electrons. The third-order valence-electron chi connectivity index (χ3n) is 2.82. The molecule has 1 aliphatic rings. The van der Waals surface area contributed by atoms with Crippen LogP contribution in [0.5, 0.6) is 0 Å². The number of carbonyl (C=O) groups excluding carboxylic acids is 1. The van der Waals surface area contributed by atoms with Gasteiger partial charge in [0, 0.05) is 18.0 Å². The topological polar surface area (TPSA) is 117 Å². The molecule has 1 aliphatic carbocycles. The molecule has 0 aliphatic heterocycles. The first kappa shape index (κ1) is 14.9. The summed E-state index contributed by atoms with van der Waals surface area (Å²) in [6.07, 6.45) is 3.22. The fourth-order valence-electron chi connectivity index (χ4n) is 1.83. The second-order valence-corrected chi connectivity index (χ2v) is 7.51. The van der Waals surface area contributed by atoms with Gasteiger partial charge in [-0.2, -0.15) is 0 Å². The Morgan fingerprint density at radius 2 is 2.10 bits per heavy atom. The quantitative estimate of drug-likeness (QED) is 0.669. The minimum Gasteiger partial charge on any atom is -0.347 e. The van der Waals surface area contributed by atoms with Gasteiger partial charge in [-0.1, -0.05) is 0 Å². The van der Waals surface area contributed by atoms with Crippen LogP contribution in [0, 0.1) is 0 Å². The molecule has 1 fully saturated rings. The minimum absolute atomic E-state index is 0.0852. The van der Waals surface area contributed by atoms with Crippen molar-refractivity contribution in [1.82, 2.24) is 25.2 Å². The van der Waals surface area contributed by atoms with Crippen LogP contribution >= 0.6 is 0 Å². The number of hydrogen-bond acceptors (Lipinski definition) is 5. The fourth-order valence-corrected chi connectivity index (χ4v) is 2.91. The van der Waals surface area contributed by atoms with Crippen LogP contribution in [0.2, 0.25) is 0 Å². The van der Waals surface area contributed by atoms with Crippen molar-refractivity contribution in [3.8, 4) is 0 Å². The number of aromatic amines is 1. The van der Waals surface area contributed by atoms with Crippen molar-refractivity contribution in [3.05, 3.63) is 11.6 Å². The SMILES string of the molecule is CC(C)(CNC(=O)c1n[nH]c(C2CC2)n1)NS(C)(=O)=O. The van der Waals surface area contributed by atoms with Crippen molar-refractivity contribution in [2.45, 2.75) is 38.1 Å². The molecule has 0 atom stereocenters. The number of sulfonamides is 1. The highest BCUT2D eigenvalue weighted by Crippen LogP contribution is 2.37. The third kappa shape index (κ3) is 4.27. The molecule has 1 aromatic rings. The van der Waals surface area contributed by atoms with Gasteiger partial charge in [0.25, 0.3) is 5.91 Å². The highest BCUT2D eigenvalue weighted by Gasteiger charge is 2.29. The number of amides is 1. The Morgan fingerprint density at radius 3 is 2.65 bits per heavy atom. The lowest BCUT2D eigenvalue weighted by Gasteiger charge is -2.24. The largest absolute Gasteiger partial charge is 0.347 e. The fraction of sp³-hybridized carbons (Fsp3) is 0.727. The van der Waals surface area contributed by atoms with E-state index < -0.39 is 21.5 Å². The lowest BCUT2D eigenvalue weighted by atomic mass is 10.1. The van der Waals surface area contributed by atoms with Gasteiger partial charge in [0.05, 0.1) is 6.26 Å². The van der Waals surface area contributed by atoms with E-state index in [1.54, 1.807) is 13.8 Å². The molecular formula is C11H19N5O3S. The second-order valence-electron chi connectivity index (χ2n) is 5.76. The Balaban J connectivity index is 1.90. The number of nitrogens with zero attached hydrogens (tertiary/aromatic N) is 2. The zero-order chi connectivity index (χ0) is 15.0. The normalized spacial score (nSPS) is 16.1. The van der Waals surface area contributed by atoms with Crippen molar-refractivity contribution in [1.29, 1.82) is 0 Å². The van der Waals surface area contributed by atoms with Crippen LogP contribution in [-0.4, -0.2) is 47.8 Å². The van der Waals surface area contributed by atoms with Gasteiger partial charge in [0.15, 0.2) is 0 Å². The molecule has 0 bridgehead atoms. The van der Waals surface area contributed by atoms with E-state index in [4.69, 9.17) is 0 Å². The Bertz CT molecular complexity index is 603. The number of carbonyl (C=O) groups is 1. The van der Waals surface area contributed by atoms with Crippen LogP contribution in [0.3, 0.4) is 0 Å². The van der Waals surface area contributed by atoms with E-state index in [-0.39, 0.29) is 12.4 Å². The lowest BCUT2D eigenvalue weighted by Crippen LogP contribution is -2.51. The molecular weight excluding hydrogens is 282 g/mol. The molecule has 3 N–H and O–H groups in total. The maximum atomic E-state index is 11.9. The van der Waals surface area contributed by atoms with E-state index in [0.717, 1.165) is 24.9 Å². The van der Waals surface area contributed by atoms with Gasteiger partial charge in [-0.25, -0.2) is 18.1 Å². The van der Waals surface area contributed by atoms with Gasteiger partial charge in [-0.05, 0) is 26.7 Å². The Kier molecular flexibility index (Phi) is 3.83. The van der Waals surface area contributed by atoms with Crippen molar-refractivity contribution in [3.63, 3.8) is 0 Å². The number of H-pyrrole nitrogens is 1. The maximum absolute atomic E-state index is 11.9. The van der Waals surface area contributed by atoms with Gasteiger partial charge in [-0.15, -0.1) is 5.10 Å². The van der Waals surface area contributed by atoms with Crippen molar-refractivity contribution in [2.75, 3.05) is 12.8 Å². The first-order valence-electron chi connectivity index (χ1n) is 6.36. The summed E-state index contributed by atoms with van der Waals surface area (Å²) in [6.45, 7) is 3.51. The Labute approximate surface area is 117 Å². The number of nitrogens with one attached hydrogen (secondary N) is 3. The van der Waals surface area contributed by atoms with E-state index in [1.807, 2.05) is 0 Å². The van der Waals surface area contributed by atoms with Crippen LogP contribution in [0.4, 0.5) is 0 Å². The number of hydrogen-bond donors (Lipinski definition) is 3. The van der Waals surface area contributed by atoms with Crippen LogP contribution in [-0.2, 0) is 10.0 Å². The highest BCUT2D eigenvalue weighted by atomic mass is 32.2. The van der Waals surface area contributed by atoms with E-state index in [0.29, 0.717) is 5.92 Å². The highest BCUT2D eigenvalue weighted by molar-refractivity contribution is 7.88. The Hall–Kier alpha value is -1.48. The zero-order valence-corrected chi connectivity index (χ0v) is 12.5. The standard InChI is InChI=1S/C11H19N5O3S/c1-11(2,16-20(3,18)19)6-12-10(17)9-13-8(14-15-9)7-4-5-7/h7,16H,4-6H2,1-3H3,(H,12,17)(H,13,14,15). The Morgan fingerprint density at radius 1 is 1.45 bits per heavy atom. The van der Waals surface area contributed by atoms with Crippen LogP contribution in [0.1, 0.15) is 49.1 Å². The van der Waals surface area contributed by atoms with Crippen molar-refractivity contribution >= 4 is 15.9 Å². The molecule has 0 saturated heterocycles. The van der Waals surface area contributed by atoms with Gasteiger partial charge in [0.1, 0.15) is 5.82 Å². The van der Waals surface area contributed by atoms with Crippen molar-refractivity contribution in [2.24, 2.45) is 0 Å². The summed E-state index contributed by atoms with van der Waals surface area (Å²) in [5.74, 6) is 0.801. The number of rotatable bonds is 6. The summed E-state index contributed by atoms with van der Waals surface area (Å²) in [5.41, 5.74) is -0.779. The van der Waals surface area contributed by atoms with Gasteiger partial charge in [-0.3, -0.25) is 9.89 Å². The first-order chi connectivity index (χ1) is 9.16. The average molecular weight is 301 g/mol. The third-order valence-corrected chi connectivity index (χ3v) is 3.75. The molecule has 9 heteroatoms. The molecule has 20 heavy (non-hydrogen) atoms. The molecule has 0 aromatic carbocycles. The van der Waals surface area contributed by atoms with E-state index >= 15 is 0 Å². The molecule has 0 unspecified atom stereocenters. The number of aromatic nitrogens is 3. The summed E-state index contributed by atoms with van der Waals surface area (Å²) >= 11 is 0. The van der Waals surface area contributed by atoms with Crippen LogP contribution < -0.4 is 10.0 Å². The molecule has 0 radical (unpaired) electrons. The molecule has 8 nitrogen and oxygen atoms in total. The molecule has 1 heterocycles. The van der Waals surface area contributed by atoms with Crippen molar-refractivity contribution < 1.29 is 13.2 Å². The molecule has 1 saturated carbocycles. The van der Waals surface area contributed by atoms with Gasteiger partial charge in [0.2, 0.25) is 15.8 Å². The van der Waals surface area contributed by atoms with E-state index in [1.165, 1.54) is 0 Å². The average Bonchev–Trinajstić information content (AvgIpc) is 3.01. The molecule has 1 aromatic heterocycles. The second kappa shape index (κ2) is 5.13. The minimum atomic E-state index is -3.33. The summed E-state index contributed by atoms with van der Waals surface area (Å²) in [7, 11) is -3.33. The predicted molar refractivity (Wildman–Crippen MR) is 72.7 cm³/mol. The van der Waals surface area contributed by atoms with Gasteiger partial charge < -0.3 is 5.32 Å². The maximum Gasteiger partial charge on any atom is 0.291 e. The first-order valence-corrected chi connectivity index (χ1v) is 8.25. The van der Waals surface area contributed by atoms with Gasteiger partial charge >= 0.3 is 0 Å². The monoisotopic (exact) mass is 301 g/mol. The molecule has 2 rings (SSSR count). The predicted octanol–water partition coefficient (Wildman–Crippen LogP) is -0.260. The summed E-state index contributed by atoms with van der Waals surface area (Å²) < 4.78 is 24.8. The van der Waals surface area contributed by atoms with Crippen LogP contribution in [0.25, 0.3) is 0 Å². The smallest absolute Gasteiger partial charge is 0.291 e. The zero-order valence-electron chi connectivity index (χ0n) is 11.7.